The van der Waals surface area contributed by atoms with Crippen molar-refractivity contribution in [2.45, 2.75) is 0 Å². The zero-order valence-electron chi connectivity index (χ0n) is 15.8. The highest BCUT2D eigenvalue weighted by Gasteiger charge is 2.26. The molecule has 0 saturated carbocycles. The van der Waals surface area contributed by atoms with Gasteiger partial charge in [0.2, 0.25) is 26.6 Å². The van der Waals surface area contributed by atoms with Crippen LogP contribution < -0.4 is 0 Å². The molecule has 0 spiro atoms. The third-order valence-electron chi connectivity index (χ3n) is 3.40. The van der Waals surface area contributed by atoms with Gasteiger partial charge in [0.25, 0.3) is 10.3 Å². The lowest BCUT2D eigenvalue weighted by Crippen LogP contribution is -2.05. The molecule has 0 saturated heterocycles. The van der Waals surface area contributed by atoms with E-state index in [-0.39, 0.29) is 12.2 Å². The molecular weight excluding hydrogens is 541 g/mol. The van der Waals surface area contributed by atoms with Gasteiger partial charge >= 0.3 is 0 Å². The Morgan fingerprint density at radius 2 is 0.941 bits per heavy atom. The SMILES string of the molecule is CS(=O)(=O)C(F)=Cc1c(F)c(F)c(F)c(F)c1F.O=S(=O)=C=Cc1c(F)c(F)c(F)c(F)c1F. The second-order valence-corrected chi connectivity index (χ2v) is 8.32. The lowest BCUT2D eigenvalue weighted by Gasteiger charge is -2.04. The van der Waals surface area contributed by atoms with E-state index in [4.69, 9.17) is 0 Å². The van der Waals surface area contributed by atoms with Crippen LogP contribution in [-0.2, 0) is 20.1 Å². The molecule has 0 aliphatic rings. The van der Waals surface area contributed by atoms with Gasteiger partial charge < -0.3 is 0 Å². The summed E-state index contributed by atoms with van der Waals surface area (Å²) in [6.07, 6.45) is 0.246. The van der Waals surface area contributed by atoms with Gasteiger partial charge in [-0.2, -0.15) is 12.8 Å². The summed E-state index contributed by atoms with van der Waals surface area (Å²) in [6, 6.07) is 0. The molecule has 0 aliphatic heterocycles. The van der Waals surface area contributed by atoms with Crippen LogP contribution in [0.25, 0.3) is 12.2 Å². The minimum Gasteiger partial charge on any atom is -0.222 e. The zero-order chi connectivity index (χ0) is 26.7. The van der Waals surface area contributed by atoms with Crippen molar-refractivity contribution in [1.29, 1.82) is 0 Å². The van der Waals surface area contributed by atoms with Gasteiger partial charge in [0, 0.05) is 17.4 Å². The third kappa shape index (κ3) is 6.24. The van der Waals surface area contributed by atoms with Gasteiger partial charge in [-0.25, -0.2) is 52.3 Å². The highest BCUT2D eigenvalue weighted by Crippen LogP contribution is 2.26. The van der Waals surface area contributed by atoms with E-state index in [1.165, 1.54) is 5.02 Å². The molecule has 2 rings (SSSR count). The molecule has 0 fully saturated rings. The molecule has 0 aliphatic carbocycles. The van der Waals surface area contributed by atoms with Gasteiger partial charge in [0.15, 0.2) is 46.5 Å². The molecule has 0 heterocycles. The first-order valence-corrected chi connectivity index (χ1v) is 10.7. The highest BCUT2D eigenvalue weighted by atomic mass is 32.2. The minimum atomic E-state index is -4.45. The van der Waals surface area contributed by atoms with E-state index < -0.39 is 94.6 Å². The Kier molecular flexibility index (Phi) is 9.20. The maximum absolute atomic E-state index is 13.0. The quantitative estimate of drug-likeness (QED) is 0.248. The average molecular weight is 546 g/mol. The van der Waals surface area contributed by atoms with Crippen LogP contribution in [0.15, 0.2) is 5.16 Å². The van der Waals surface area contributed by atoms with E-state index in [1.54, 1.807) is 0 Å². The maximum atomic E-state index is 13.0. The van der Waals surface area contributed by atoms with Crippen LogP contribution in [0.2, 0.25) is 0 Å². The molecule has 0 radical (unpaired) electrons. The van der Waals surface area contributed by atoms with Crippen LogP contribution in [0.1, 0.15) is 11.1 Å². The molecule has 0 N–H and O–H groups in total. The Hall–Kier alpha value is -3.17. The fraction of sp³-hybridized carbons (Fsp3) is 0.0588. The summed E-state index contributed by atoms with van der Waals surface area (Å²) in [5, 5.41) is -0.649. The number of hydrogen-bond acceptors (Lipinski definition) is 4. The van der Waals surface area contributed by atoms with E-state index in [0.29, 0.717) is 6.26 Å². The van der Waals surface area contributed by atoms with Crippen LogP contribution in [-0.4, -0.2) is 28.1 Å². The molecule has 17 heteroatoms. The first kappa shape index (κ1) is 28.9. The third-order valence-corrected chi connectivity index (χ3v) is 4.54. The van der Waals surface area contributed by atoms with E-state index in [2.05, 4.69) is 0 Å². The molecule has 0 atom stereocenters. The molecule has 2 aromatic rings. The number of hydrogen-bond donors (Lipinski definition) is 0. The predicted molar refractivity (Wildman–Crippen MR) is 94.8 cm³/mol. The van der Waals surface area contributed by atoms with E-state index >= 15 is 0 Å². The summed E-state index contributed by atoms with van der Waals surface area (Å²) in [7, 11) is -7.38. The Morgan fingerprint density at radius 1 is 0.647 bits per heavy atom. The number of sulfone groups is 1. The normalized spacial score (nSPS) is 11.5. The fourth-order valence-electron chi connectivity index (χ4n) is 1.82. The van der Waals surface area contributed by atoms with E-state index in [9.17, 15) is 65.1 Å². The van der Waals surface area contributed by atoms with Crippen molar-refractivity contribution >= 4 is 37.3 Å². The van der Waals surface area contributed by atoms with Crippen molar-refractivity contribution in [3.63, 3.8) is 0 Å². The number of halogens is 11. The summed E-state index contributed by atoms with van der Waals surface area (Å²) in [5.74, 6) is -22.5. The molecule has 2 aromatic carbocycles. The summed E-state index contributed by atoms with van der Waals surface area (Å²) in [5.41, 5.74) is -3.02. The molecule has 0 amide bonds. The summed E-state index contributed by atoms with van der Waals surface area (Å²) >= 11 is 0. The van der Waals surface area contributed by atoms with Gasteiger partial charge in [-0.05, 0) is 6.08 Å². The molecular formula is C17H5F11O4S2. The largest absolute Gasteiger partial charge is 0.260 e. The lowest BCUT2D eigenvalue weighted by molar-refractivity contribution is 0.376. The van der Waals surface area contributed by atoms with Crippen LogP contribution in [0, 0.1) is 58.2 Å². The van der Waals surface area contributed by atoms with Crippen molar-refractivity contribution < 1.29 is 65.1 Å². The smallest absolute Gasteiger partial charge is 0.222 e. The monoisotopic (exact) mass is 546 g/mol. The first-order chi connectivity index (χ1) is 15.4. The van der Waals surface area contributed by atoms with Crippen molar-refractivity contribution in [2.75, 3.05) is 6.26 Å². The number of benzene rings is 2. The van der Waals surface area contributed by atoms with E-state index in [1.807, 2.05) is 0 Å². The van der Waals surface area contributed by atoms with Gasteiger partial charge in [-0.1, -0.05) is 0 Å². The van der Waals surface area contributed by atoms with Crippen LogP contribution >= 0.6 is 0 Å². The molecule has 0 unspecified atom stereocenters. The minimum absolute atomic E-state index is 0.152. The van der Waals surface area contributed by atoms with Gasteiger partial charge in [-0.3, -0.25) is 0 Å². The highest BCUT2D eigenvalue weighted by molar-refractivity contribution is 7.94. The Labute approximate surface area is 183 Å². The molecule has 186 valence electrons. The summed E-state index contributed by atoms with van der Waals surface area (Å²) < 4.78 is 182. The van der Waals surface area contributed by atoms with Crippen LogP contribution in [0.3, 0.4) is 0 Å². The zero-order valence-corrected chi connectivity index (χ0v) is 17.4. The summed E-state index contributed by atoms with van der Waals surface area (Å²) in [4.78, 5) is 0. The Bertz CT molecular complexity index is 1410. The molecule has 34 heavy (non-hydrogen) atoms. The van der Waals surface area contributed by atoms with Crippen LogP contribution in [0.5, 0.6) is 0 Å². The van der Waals surface area contributed by atoms with Crippen molar-refractivity contribution in [1.82, 2.24) is 0 Å². The Morgan fingerprint density at radius 3 is 1.24 bits per heavy atom. The fourth-order valence-corrected chi connectivity index (χ4v) is 2.37. The maximum Gasteiger partial charge on any atom is 0.260 e. The molecule has 0 aromatic heterocycles. The first-order valence-electron chi connectivity index (χ1n) is 7.72. The molecule has 0 bridgehead atoms. The second kappa shape index (κ2) is 10.8. The van der Waals surface area contributed by atoms with E-state index in [0.717, 1.165) is 0 Å². The number of rotatable bonds is 3. The van der Waals surface area contributed by atoms with Crippen molar-refractivity contribution in [3.8, 4) is 0 Å². The van der Waals surface area contributed by atoms with Gasteiger partial charge in [-0.15, -0.1) is 0 Å². The van der Waals surface area contributed by atoms with Gasteiger partial charge in [0.05, 0.1) is 11.1 Å². The summed E-state index contributed by atoms with van der Waals surface area (Å²) in [6.45, 7) is 0. The predicted octanol–water partition coefficient (Wildman–Crippen LogP) is 4.37. The lowest BCUT2D eigenvalue weighted by atomic mass is 10.1. The molecule has 4 nitrogen and oxygen atoms in total. The standard InChI is InChI=1S/C9H4F6O2S.C8HF5O2S/c1-18(16,17)4(10)2-3-5(11)7(13)9(15)8(14)6(3)12;9-4-3(1-2-16(14)15)5(10)7(12)8(13)6(4)11/h2H,1H3;1H. The van der Waals surface area contributed by atoms with Gasteiger partial charge in [0.1, 0.15) is 0 Å². The second-order valence-electron chi connectivity index (χ2n) is 5.68. The Balaban J connectivity index is 0.000000342. The topological polar surface area (TPSA) is 68.3 Å². The average Bonchev–Trinajstić information content (AvgIpc) is 2.76. The van der Waals surface area contributed by atoms with Crippen molar-refractivity contribution in [2.24, 2.45) is 0 Å². The van der Waals surface area contributed by atoms with Crippen LogP contribution in [0.4, 0.5) is 48.3 Å². The van der Waals surface area contributed by atoms with Crippen molar-refractivity contribution in [3.05, 3.63) is 74.5 Å².